The minimum atomic E-state index is -3.63. The average Bonchev–Trinajstić information content (AvgIpc) is 2.55. The Kier molecular flexibility index (Phi) is 4.62. The Hall–Kier alpha value is -2.27. The van der Waals surface area contributed by atoms with Gasteiger partial charge in [-0.3, -0.25) is 0 Å². The Labute approximate surface area is 139 Å². The molecule has 0 aromatic heterocycles. The fourth-order valence-corrected chi connectivity index (χ4v) is 3.95. The van der Waals surface area contributed by atoms with Crippen LogP contribution in [-0.4, -0.2) is 31.9 Å². The van der Waals surface area contributed by atoms with Crippen molar-refractivity contribution < 1.29 is 17.5 Å². The summed E-state index contributed by atoms with van der Waals surface area (Å²) in [6.45, 7) is 0.538. The maximum Gasteiger partial charge on any atom is 0.243 e. The molecule has 0 bridgehead atoms. The van der Waals surface area contributed by atoms with E-state index in [0.29, 0.717) is 11.1 Å². The van der Waals surface area contributed by atoms with Crippen molar-refractivity contribution in [3.63, 3.8) is 0 Å². The summed E-state index contributed by atoms with van der Waals surface area (Å²) in [6, 6.07) is 14.1. The molecule has 1 fully saturated rings. The molecule has 2 aromatic carbocycles. The van der Waals surface area contributed by atoms with Gasteiger partial charge in [0.2, 0.25) is 10.0 Å². The van der Waals surface area contributed by atoms with E-state index in [2.05, 4.69) is 0 Å². The normalized spacial score (nSPS) is 15.7. The van der Waals surface area contributed by atoms with Crippen molar-refractivity contribution in [3.05, 3.63) is 65.5 Å². The molecule has 0 radical (unpaired) electrons. The van der Waals surface area contributed by atoms with Gasteiger partial charge in [0.15, 0.2) is 0 Å². The number of hydrogen-bond donors (Lipinski definition) is 0. The molecule has 0 amide bonds. The van der Waals surface area contributed by atoms with E-state index in [0.717, 1.165) is 0 Å². The first-order valence-electron chi connectivity index (χ1n) is 7.36. The number of sulfonamides is 1. The Morgan fingerprint density at radius 1 is 1.21 bits per heavy atom. The van der Waals surface area contributed by atoms with Crippen LogP contribution >= 0.6 is 0 Å². The lowest BCUT2D eigenvalue weighted by Gasteiger charge is -2.37. The molecular weight excluding hydrogens is 331 g/mol. The Morgan fingerprint density at radius 2 is 1.96 bits per heavy atom. The Bertz CT molecular complexity index is 887. The van der Waals surface area contributed by atoms with Gasteiger partial charge in [0.1, 0.15) is 5.82 Å². The maximum atomic E-state index is 13.5. The second-order valence-corrected chi connectivity index (χ2v) is 7.42. The minimum absolute atomic E-state index is 0.0918. The third kappa shape index (κ3) is 3.31. The summed E-state index contributed by atoms with van der Waals surface area (Å²) < 4.78 is 45.3. The fourth-order valence-electron chi connectivity index (χ4n) is 2.40. The van der Waals surface area contributed by atoms with Crippen molar-refractivity contribution in [3.8, 4) is 6.07 Å². The maximum absolute atomic E-state index is 13.5. The van der Waals surface area contributed by atoms with E-state index in [9.17, 15) is 12.8 Å². The summed E-state index contributed by atoms with van der Waals surface area (Å²) in [7, 11) is -3.63. The highest BCUT2D eigenvalue weighted by atomic mass is 32.2. The lowest BCUT2D eigenvalue weighted by molar-refractivity contribution is -0.0304. The number of hydrogen-bond acceptors (Lipinski definition) is 4. The Morgan fingerprint density at radius 3 is 2.67 bits per heavy atom. The molecule has 0 spiro atoms. The topological polar surface area (TPSA) is 70.4 Å². The van der Waals surface area contributed by atoms with Crippen molar-refractivity contribution >= 4 is 10.0 Å². The average molecular weight is 346 g/mol. The molecule has 5 nitrogen and oxygen atoms in total. The molecule has 1 aliphatic rings. The highest BCUT2D eigenvalue weighted by Crippen LogP contribution is 2.24. The predicted molar refractivity (Wildman–Crippen MR) is 84.9 cm³/mol. The van der Waals surface area contributed by atoms with E-state index in [4.69, 9.17) is 10.00 Å². The van der Waals surface area contributed by atoms with Crippen LogP contribution in [0.25, 0.3) is 0 Å². The van der Waals surface area contributed by atoms with Crippen molar-refractivity contribution in [1.29, 1.82) is 5.26 Å². The molecule has 7 heteroatoms. The van der Waals surface area contributed by atoms with Gasteiger partial charge < -0.3 is 4.74 Å². The quantitative estimate of drug-likeness (QED) is 0.833. The van der Waals surface area contributed by atoms with Crippen molar-refractivity contribution in [2.75, 3.05) is 13.1 Å². The lowest BCUT2D eigenvalue weighted by Crippen LogP contribution is -2.54. The Balaban J connectivity index is 1.59. The number of benzene rings is 2. The van der Waals surface area contributed by atoms with Crippen LogP contribution in [0.2, 0.25) is 0 Å². The van der Waals surface area contributed by atoms with Crippen LogP contribution in [0, 0.1) is 17.1 Å². The summed E-state index contributed by atoms with van der Waals surface area (Å²) in [5.41, 5.74) is 0.740. The van der Waals surface area contributed by atoms with Gasteiger partial charge in [0, 0.05) is 18.7 Å². The monoisotopic (exact) mass is 346 g/mol. The largest absolute Gasteiger partial charge is 0.371 e. The summed E-state index contributed by atoms with van der Waals surface area (Å²) in [4.78, 5) is 0.0918. The zero-order chi connectivity index (χ0) is 17.2. The van der Waals surface area contributed by atoms with E-state index in [1.54, 1.807) is 24.3 Å². The molecule has 0 unspecified atom stereocenters. The molecule has 24 heavy (non-hydrogen) atoms. The molecule has 124 valence electrons. The number of rotatable bonds is 5. The minimum Gasteiger partial charge on any atom is -0.371 e. The van der Waals surface area contributed by atoms with Gasteiger partial charge in [-0.25, -0.2) is 12.8 Å². The van der Waals surface area contributed by atoms with Crippen LogP contribution in [0.4, 0.5) is 4.39 Å². The highest BCUT2D eigenvalue weighted by molar-refractivity contribution is 7.89. The zero-order valence-electron chi connectivity index (χ0n) is 12.7. The van der Waals surface area contributed by atoms with Gasteiger partial charge in [0.05, 0.1) is 29.2 Å². The molecule has 1 heterocycles. The third-order valence-electron chi connectivity index (χ3n) is 3.85. The fraction of sp³-hybridized carbons (Fsp3) is 0.235. The van der Waals surface area contributed by atoms with E-state index < -0.39 is 10.0 Å². The standard InChI is InChI=1S/C17H15FN2O3S/c18-17-7-2-1-5-14(17)12-23-15-10-20(11-15)24(21,22)16-6-3-4-13(8-16)9-19/h1-8,15H,10-12H2. The molecule has 1 saturated heterocycles. The van der Waals surface area contributed by atoms with Crippen molar-refractivity contribution in [1.82, 2.24) is 4.31 Å². The van der Waals surface area contributed by atoms with Crippen LogP contribution in [0.1, 0.15) is 11.1 Å². The summed E-state index contributed by atoms with van der Waals surface area (Å²) in [5, 5.41) is 8.87. The van der Waals surface area contributed by atoms with E-state index >= 15 is 0 Å². The lowest BCUT2D eigenvalue weighted by atomic mass is 10.2. The van der Waals surface area contributed by atoms with E-state index in [1.807, 2.05) is 6.07 Å². The first-order chi connectivity index (χ1) is 11.5. The molecule has 0 atom stereocenters. The van der Waals surface area contributed by atoms with Crippen LogP contribution in [-0.2, 0) is 21.4 Å². The summed E-state index contributed by atoms with van der Waals surface area (Å²) in [5.74, 6) is -0.338. The van der Waals surface area contributed by atoms with Crippen LogP contribution in [0.3, 0.4) is 0 Å². The molecule has 3 rings (SSSR count). The van der Waals surface area contributed by atoms with Crippen LogP contribution in [0.15, 0.2) is 53.4 Å². The number of nitriles is 1. The van der Waals surface area contributed by atoms with Gasteiger partial charge in [0.25, 0.3) is 0 Å². The van der Waals surface area contributed by atoms with Gasteiger partial charge in [-0.15, -0.1) is 0 Å². The third-order valence-corrected chi connectivity index (χ3v) is 5.68. The van der Waals surface area contributed by atoms with Crippen molar-refractivity contribution in [2.45, 2.75) is 17.6 Å². The number of halogens is 1. The van der Waals surface area contributed by atoms with E-state index in [-0.39, 0.29) is 36.5 Å². The van der Waals surface area contributed by atoms with Gasteiger partial charge in [-0.1, -0.05) is 24.3 Å². The SMILES string of the molecule is N#Cc1cccc(S(=O)(=O)N2CC(OCc3ccccc3F)C2)c1. The number of nitrogens with zero attached hydrogens (tertiary/aromatic N) is 2. The predicted octanol–water partition coefficient (Wildman–Crippen LogP) is 2.29. The molecule has 0 aliphatic carbocycles. The first-order valence-corrected chi connectivity index (χ1v) is 8.80. The number of ether oxygens (including phenoxy) is 1. The smallest absolute Gasteiger partial charge is 0.243 e. The molecule has 0 N–H and O–H groups in total. The van der Waals surface area contributed by atoms with Crippen LogP contribution in [0.5, 0.6) is 0 Å². The summed E-state index contributed by atoms with van der Waals surface area (Å²) in [6.07, 6.45) is -0.265. The molecule has 0 saturated carbocycles. The van der Waals surface area contributed by atoms with Gasteiger partial charge >= 0.3 is 0 Å². The molecule has 2 aromatic rings. The van der Waals surface area contributed by atoms with Crippen molar-refractivity contribution in [2.24, 2.45) is 0 Å². The molecule has 1 aliphatic heterocycles. The van der Waals surface area contributed by atoms with Gasteiger partial charge in [-0.2, -0.15) is 9.57 Å². The first kappa shape index (κ1) is 16.6. The zero-order valence-corrected chi connectivity index (χ0v) is 13.5. The summed E-state index contributed by atoms with van der Waals surface area (Å²) >= 11 is 0. The molecular formula is C17H15FN2O3S. The second-order valence-electron chi connectivity index (χ2n) is 5.49. The van der Waals surface area contributed by atoms with Crippen LogP contribution < -0.4 is 0 Å². The van der Waals surface area contributed by atoms with E-state index in [1.165, 1.54) is 28.6 Å². The van der Waals surface area contributed by atoms with Gasteiger partial charge in [-0.05, 0) is 24.3 Å². The highest BCUT2D eigenvalue weighted by Gasteiger charge is 2.37. The second kappa shape index (κ2) is 6.69.